The molecule has 0 spiro atoms. The number of anilines is 1. The fourth-order valence-corrected chi connectivity index (χ4v) is 3.01. The molecule has 0 aromatic heterocycles. The Bertz CT molecular complexity index is 694. The van der Waals surface area contributed by atoms with Gasteiger partial charge in [0.15, 0.2) is 0 Å². The lowest BCUT2D eigenvalue weighted by Gasteiger charge is -2.15. The normalized spacial score (nSPS) is 14.4. The first-order valence-electron chi connectivity index (χ1n) is 8.71. The number of aliphatic hydroxyl groups excluding tert-OH is 1. The Labute approximate surface area is 148 Å². The van der Waals surface area contributed by atoms with Crippen LogP contribution in [0.3, 0.4) is 0 Å². The number of benzene rings is 2. The summed E-state index contributed by atoms with van der Waals surface area (Å²) in [5.74, 6) is 0.548. The van der Waals surface area contributed by atoms with E-state index in [2.05, 4.69) is 16.3 Å². The highest BCUT2D eigenvalue weighted by molar-refractivity contribution is 6.04. The summed E-state index contributed by atoms with van der Waals surface area (Å²) in [6.07, 6.45) is 2.52. The minimum Gasteiger partial charge on any atom is -0.491 e. The largest absolute Gasteiger partial charge is 0.491 e. The molecule has 5 heteroatoms. The molecule has 1 amide bonds. The Hall–Kier alpha value is -2.37. The van der Waals surface area contributed by atoms with E-state index in [1.807, 2.05) is 18.2 Å². The predicted molar refractivity (Wildman–Crippen MR) is 97.9 cm³/mol. The third kappa shape index (κ3) is 5.05. The van der Waals surface area contributed by atoms with E-state index in [1.54, 1.807) is 24.3 Å². The van der Waals surface area contributed by atoms with Gasteiger partial charge in [0, 0.05) is 17.8 Å². The average molecular weight is 340 g/mol. The zero-order valence-corrected chi connectivity index (χ0v) is 14.3. The molecule has 2 N–H and O–H groups in total. The molecule has 132 valence electrons. The van der Waals surface area contributed by atoms with Gasteiger partial charge in [0.1, 0.15) is 12.4 Å². The fraction of sp³-hybridized carbons (Fsp3) is 0.350. The lowest BCUT2D eigenvalue weighted by atomic mass is 10.1. The number of carbonyl (C=O) groups is 1. The number of carbonyl (C=O) groups excluding carboxylic acids is 1. The third-order valence-corrected chi connectivity index (χ3v) is 4.27. The van der Waals surface area contributed by atoms with Crippen LogP contribution in [0.2, 0.25) is 0 Å². The molecule has 1 heterocycles. The highest BCUT2D eigenvalue weighted by atomic mass is 16.5. The van der Waals surface area contributed by atoms with E-state index >= 15 is 0 Å². The summed E-state index contributed by atoms with van der Waals surface area (Å²) in [5, 5.41) is 11.7. The van der Waals surface area contributed by atoms with E-state index in [1.165, 1.54) is 18.4 Å². The van der Waals surface area contributed by atoms with E-state index in [0.717, 1.165) is 19.6 Å². The molecule has 0 unspecified atom stereocenters. The highest BCUT2D eigenvalue weighted by Crippen LogP contribution is 2.18. The third-order valence-electron chi connectivity index (χ3n) is 4.27. The van der Waals surface area contributed by atoms with Crippen LogP contribution in [0.1, 0.15) is 28.8 Å². The molecule has 25 heavy (non-hydrogen) atoms. The van der Waals surface area contributed by atoms with E-state index in [4.69, 9.17) is 9.84 Å². The van der Waals surface area contributed by atoms with Crippen molar-refractivity contribution in [3.05, 3.63) is 59.7 Å². The monoisotopic (exact) mass is 340 g/mol. The Morgan fingerprint density at radius 2 is 1.88 bits per heavy atom. The Morgan fingerprint density at radius 1 is 1.12 bits per heavy atom. The van der Waals surface area contributed by atoms with Crippen molar-refractivity contribution in [3.8, 4) is 5.75 Å². The number of likely N-dealkylation sites (tertiary alicyclic amines) is 1. The fourth-order valence-electron chi connectivity index (χ4n) is 3.01. The van der Waals surface area contributed by atoms with Crippen LogP contribution in [0, 0.1) is 0 Å². The molecule has 1 aliphatic heterocycles. The number of hydrogen-bond acceptors (Lipinski definition) is 4. The second-order valence-corrected chi connectivity index (χ2v) is 6.23. The zero-order valence-electron chi connectivity index (χ0n) is 14.3. The molecule has 1 fully saturated rings. The SMILES string of the molecule is O=C(Nc1ccc(OCCO)cc1)c1cccc(CN2CCCC2)c1. The molecule has 2 aromatic rings. The summed E-state index contributed by atoms with van der Waals surface area (Å²) in [5.41, 5.74) is 2.55. The molecular weight excluding hydrogens is 316 g/mol. The summed E-state index contributed by atoms with van der Waals surface area (Å²) >= 11 is 0. The molecule has 1 aliphatic rings. The summed E-state index contributed by atoms with van der Waals surface area (Å²) in [4.78, 5) is 14.9. The van der Waals surface area contributed by atoms with E-state index < -0.39 is 0 Å². The molecule has 0 bridgehead atoms. The number of ether oxygens (including phenoxy) is 1. The summed E-state index contributed by atoms with van der Waals surface area (Å²) in [6.45, 7) is 3.42. The molecule has 3 rings (SSSR count). The van der Waals surface area contributed by atoms with Crippen molar-refractivity contribution < 1.29 is 14.6 Å². The van der Waals surface area contributed by atoms with Crippen molar-refractivity contribution >= 4 is 11.6 Å². The van der Waals surface area contributed by atoms with Gasteiger partial charge in [0.2, 0.25) is 0 Å². The molecule has 5 nitrogen and oxygen atoms in total. The molecule has 2 aromatic carbocycles. The van der Waals surface area contributed by atoms with Gasteiger partial charge in [-0.05, 0) is 67.9 Å². The second-order valence-electron chi connectivity index (χ2n) is 6.23. The van der Waals surface area contributed by atoms with Gasteiger partial charge in [0.05, 0.1) is 6.61 Å². The molecule has 0 radical (unpaired) electrons. The lowest BCUT2D eigenvalue weighted by Crippen LogP contribution is -2.19. The molecule has 1 saturated heterocycles. The lowest BCUT2D eigenvalue weighted by molar-refractivity contribution is 0.102. The van der Waals surface area contributed by atoms with Gasteiger partial charge in [-0.2, -0.15) is 0 Å². The van der Waals surface area contributed by atoms with Gasteiger partial charge >= 0.3 is 0 Å². The Morgan fingerprint density at radius 3 is 2.60 bits per heavy atom. The smallest absolute Gasteiger partial charge is 0.255 e. The van der Waals surface area contributed by atoms with E-state index in [9.17, 15) is 4.79 Å². The van der Waals surface area contributed by atoms with Crippen molar-refractivity contribution in [1.29, 1.82) is 0 Å². The predicted octanol–water partition coefficient (Wildman–Crippen LogP) is 2.91. The highest BCUT2D eigenvalue weighted by Gasteiger charge is 2.13. The molecule has 0 aliphatic carbocycles. The molecular formula is C20H24N2O3. The van der Waals surface area contributed by atoms with E-state index in [-0.39, 0.29) is 19.1 Å². The van der Waals surface area contributed by atoms with Crippen molar-refractivity contribution in [2.24, 2.45) is 0 Å². The second kappa shape index (κ2) is 8.65. The zero-order chi connectivity index (χ0) is 17.5. The van der Waals surface area contributed by atoms with Crippen molar-refractivity contribution in [3.63, 3.8) is 0 Å². The van der Waals surface area contributed by atoms with Crippen molar-refractivity contribution in [2.75, 3.05) is 31.6 Å². The Kier molecular flexibility index (Phi) is 6.04. The first kappa shape index (κ1) is 17.5. The van der Waals surface area contributed by atoms with Gasteiger partial charge in [0.25, 0.3) is 5.91 Å². The average Bonchev–Trinajstić information content (AvgIpc) is 3.14. The minimum atomic E-state index is -0.118. The topological polar surface area (TPSA) is 61.8 Å². The van der Waals surface area contributed by atoms with Crippen molar-refractivity contribution in [2.45, 2.75) is 19.4 Å². The maximum atomic E-state index is 12.5. The molecule has 0 saturated carbocycles. The number of nitrogens with one attached hydrogen (secondary N) is 1. The van der Waals surface area contributed by atoms with Crippen LogP contribution in [-0.2, 0) is 6.54 Å². The first-order chi connectivity index (χ1) is 12.2. The van der Waals surface area contributed by atoms with Crippen LogP contribution >= 0.6 is 0 Å². The molecule has 0 atom stereocenters. The first-order valence-corrected chi connectivity index (χ1v) is 8.71. The quantitative estimate of drug-likeness (QED) is 0.814. The van der Waals surface area contributed by atoms with Crippen molar-refractivity contribution in [1.82, 2.24) is 4.90 Å². The van der Waals surface area contributed by atoms with Crippen LogP contribution in [0.4, 0.5) is 5.69 Å². The maximum Gasteiger partial charge on any atom is 0.255 e. The number of amides is 1. The summed E-state index contributed by atoms with van der Waals surface area (Å²) in [7, 11) is 0. The maximum absolute atomic E-state index is 12.5. The number of hydrogen-bond donors (Lipinski definition) is 2. The van der Waals surface area contributed by atoms with Crippen LogP contribution in [0.15, 0.2) is 48.5 Å². The standard InChI is InChI=1S/C20H24N2O3/c23-12-13-25-19-8-6-18(7-9-19)21-20(24)17-5-3-4-16(14-17)15-22-10-1-2-11-22/h3-9,14,23H,1-2,10-13,15H2,(H,21,24). The van der Waals surface area contributed by atoms with E-state index in [0.29, 0.717) is 17.0 Å². The summed E-state index contributed by atoms with van der Waals surface area (Å²) < 4.78 is 5.31. The number of rotatable bonds is 7. The Balaban J connectivity index is 1.60. The van der Waals surface area contributed by atoms with Gasteiger partial charge in [-0.3, -0.25) is 9.69 Å². The van der Waals surface area contributed by atoms with Gasteiger partial charge in [-0.15, -0.1) is 0 Å². The van der Waals surface area contributed by atoms with Crippen LogP contribution < -0.4 is 10.1 Å². The van der Waals surface area contributed by atoms with Gasteiger partial charge in [-0.25, -0.2) is 0 Å². The van der Waals surface area contributed by atoms with Crippen LogP contribution in [0.25, 0.3) is 0 Å². The van der Waals surface area contributed by atoms with Crippen LogP contribution in [-0.4, -0.2) is 42.2 Å². The summed E-state index contributed by atoms with van der Waals surface area (Å²) in [6, 6.07) is 14.9. The van der Waals surface area contributed by atoms with Gasteiger partial charge in [-0.1, -0.05) is 12.1 Å². The number of aliphatic hydroxyl groups is 1. The van der Waals surface area contributed by atoms with Gasteiger partial charge < -0.3 is 15.2 Å². The number of nitrogens with zero attached hydrogens (tertiary/aromatic N) is 1. The minimum absolute atomic E-state index is 0.0216. The van der Waals surface area contributed by atoms with Crippen LogP contribution in [0.5, 0.6) is 5.75 Å².